The van der Waals surface area contributed by atoms with Crippen LogP contribution in [-0.2, 0) is 0 Å². The number of hydrogen-bond donors (Lipinski definition) is 2. The van der Waals surface area contributed by atoms with Crippen molar-refractivity contribution in [2.24, 2.45) is 0 Å². The lowest BCUT2D eigenvalue weighted by atomic mass is 10.2. The number of rotatable bonds is 3. The van der Waals surface area contributed by atoms with Gasteiger partial charge in [-0.15, -0.1) is 11.3 Å². The first-order chi connectivity index (χ1) is 11.6. The maximum absolute atomic E-state index is 12.2. The van der Waals surface area contributed by atoms with E-state index < -0.39 is 0 Å². The Bertz CT molecular complexity index is 880. The molecule has 0 aliphatic heterocycles. The second-order valence-corrected chi connectivity index (χ2v) is 6.47. The number of aromatic nitrogens is 1. The van der Waals surface area contributed by atoms with Crippen LogP contribution in [0.5, 0.6) is 0 Å². The van der Waals surface area contributed by atoms with Gasteiger partial charge in [0, 0.05) is 10.9 Å². The number of hydrogen-bond acceptors (Lipinski definition) is 4. The molecular formula is C17H12ClN3OS2. The largest absolute Gasteiger partial charge is 0.308 e. The highest BCUT2D eigenvalue weighted by atomic mass is 35.5. The van der Waals surface area contributed by atoms with Gasteiger partial charge in [0.1, 0.15) is 0 Å². The molecule has 0 saturated heterocycles. The van der Waals surface area contributed by atoms with E-state index in [0.29, 0.717) is 15.7 Å². The van der Waals surface area contributed by atoms with Crippen LogP contribution in [0.1, 0.15) is 10.4 Å². The van der Waals surface area contributed by atoms with Gasteiger partial charge in [0.05, 0.1) is 16.3 Å². The summed E-state index contributed by atoms with van der Waals surface area (Å²) in [6.07, 6.45) is 0. The molecule has 4 nitrogen and oxygen atoms in total. The van der Waals surface area contributed by atoms with Crippen molar-refractivity contribution in [3.05, 3.63) is 70.6 Å². The van der Waals surface area contributed by atoms with E-state index in [1.54, 1.807) is 24.3 Å². The molecular weight excluding hydrogens is 362 g/mol. The molecule has 1 amide bonds. The van der Waals surface area contributed by atoms with Crippen molar-refractivity contribution < 1.29 is 4.79 Å². The van der Waals surface area contributed by atoms with Crippen molar-refractivity contribution >= 4 is 51.3 Å². The van der Waals surface area contributed by atoms with Crippen LogP contribution in [0.15, 0.2) is 60.0 Å². The first-order valence-electron chi connectivity index (χ1n) is 7.01. The van der Waals surface area contributed by atoms with E-state index in [1.165, 1.54) is 11.3 Å². The predicted octanol–water partition coefficient (Wildman–Crippen LogP) is 4.59. The molecule has 0 bridgehead atoms. The molecule has 24 heavy (non-hydrogen) atoms. The molecule has 0 aliphatic rings. The maximum atomic E-state index is 12.2. The summed E-state index contributed by atoms with van der Waals surface area (Å²) in [7, 11) is 0. The lowest BCUT2D eigenvalue weighted by Crippen LogP contribution is -2.34. The third-order valence-corrected chi connectivity index (χ3v) is 4.43. The van der Waals surface area contributed by atoms with Crippen molar-refractivity contribution in [2.45, 2.75) is 0 Å². The predicted molar refractivity (Wildman–Crippen MR) is 103 cm³/mol. The Kier molecular flexibility index (Phi) is 5.20. The number of thiocarbonyl (C=S) groups is 1. The molecule has 1 aromatic heterocycles. The minimum absolute atomic E-state index is 0.175. The number of nitrogens with zero attached hydrogens (tertiary/aromatic N) is 1. The fourth-order valence-corrected chi connectivity index (χ4v) is 3.22. The summed E-state index contributed by atoms with van der Waals surface area (Å²) in [5.74, 6) is -0.363. The van der Waals surface area contributed by atoms with Gasteiger partial charge in [-0.05, 0) is 24.4 Å². The average molecular weight is 374 g/mol. The number of carbonyl (C=O) groups excluding carboxylic acids is 1. The molecule has 0 aliphatic carbocycles. The smallest absolute Gasteiger partial charge is 0.258 e. The zero-order chi connectivity index (χ0) is 16.9. The Balaban J connectivity index is 1.65. The molecule has 3 rings (SSSR count). The van der Waals surface area contributed by atoms with Crippen LogP contribution >= 0.6 is 35.2 Å². The molecule has 0 spiro atoms. The second-order valence-electron chi connectivity index (χ2n) is 4.79. The molecule has 3 aromatic rings. The SMILES string of the molecule is O=C(NC(=S)Nc1nc(-c2ccccc2)cs1)c1ccccc1Cl. The van der Waals surface area contributed by atoms with Crippen LogP contribution < -0.4 is 10.6 Å². The van der Waals surface area contributed by atoms with Gasteiger partial charge < -0.3 is 5.32 Å². The Hall–Kier alpha value is -2.28. The third kappa shape index (κ3) is 3.97. The number of amides is 1. The van der Waals surface area contributed by atoms with Crippen LogP contribution in [-0.4, -0.2) is 16.0 Å². The number of halogens is 1. The van der Waals surface area contributed by atoms with Gasteiger partial charge in [0.2, 0.25) is 0 Å². The van der Waals surface area contributed by atoms with Gasteiger partial charge in [-0.3, -0.25) is 10.1 Å². The lowest BCUT2D eigenvalue weighted by Gasteiger charge is -2.08. The fourth-order valence-electron chi connectivity index (χ4n) is 2.02. The van der Waals surface area contributed by atoms with E-state index in [2.05, 4.69) is 15.6 Å². The second kappa shape index (κ2) is 7.53. The highest BCUT2D eigenvalue weighted by Gasteiger charge is 2.12. The average Bonchev–Trinajstić information content (AvgIpc) is 3.04. The first-order valence-corrected chi connectivity index (χ1v) is 8.68. The first kappa shape index (κ1) is 16.6. The van der Waals surface area contributed by atoms with E-state index in [1.807, 2.05) is 35.7 Å². The normalized spacial score (nSPS) is 10.2. The zero-order valence-electron chi connectivity index (χ0n) is 12.3. The number of benzene rings is 2. The lowest BCUT2D eigenvalue weighted by molar-refractivity contribution is 0.0978. The van der Waals surface area contributed by atoms with Gasteiger partial charge in [-0.1, -0.05) is 54.1 Å². The van der Waals surface area contributed by atoms with E-state index in [0.717, 1.165) is 11.3 Å². The monoisotopic (exact) mass is 373 g/mol. The number of nitrogens with one attached hydrogen (secondary N) is 2. The summed E-state index contributed by atoms with van der Waals surface area (Å²) in [4.78, 5) is 16.6. The van der Waals surface area contributed by atoms with Crippen LogP contribution in [0.25, 0.3) is 11.3 Å². The number of anilines is 1. The van der Waals surface area contributed by atoms with Crippen LogP contribution in [0.3, 0.4) is 0 Å². The van der Waals surface area contributed by atoms with Crippen LogP contribution in [0, 0.1) is 0 Å². The summed E-state index contributed by atoms with van der Waals surface area (Å²) in [5.41, 5.74) is 2.24. The summed E-state index contributed by atoms with van der Waals surface area (Å²) >= 11 is 12.6. The topological polar surface area (TPSA) is 54.0 Å². The summed E-state index contributed by atoms with van der Waals surface area (Å²) < 4.78 is 0. The van der Waals surface area contributed by atoms with Gasteiger partial charge >= 0.3 is 0 Å². The van der Waals surface area contributed by atoms with Crippen LogP contribution in [0.4, 0.5) is 5.13 Å². The van der Waals surface area contributed by atoms with E-state index in [4.69, 9.17) is 23.8 Å². The molecule has 0 atom stereocenters. The van der Waals surface area contributed by atoms with Gasteiger partial charge in [-0.2, -0.15) is 0 Å². The molecule has 0 unspecified atom stereocenters. The Morgan fingerprint density at radius 2 is 1.79 bits per heavy atom. The number of thiazole rings is 1. The maximum Gasteiger partial charge on any atom is 0.258 e. The highest BCUT2D eigenvalue weighted by Crippen LogP contribution is 2.24. The molecule has 7 heteroatoms. The third-order valence-electron chi connectivity index (χ3n) is 3.14. The van der Waals surface area contributed by atoms with Crippen molar-refractivity contribution in [3.63, 3.8) is 0 Å². The van der Waals surface area contributed by atoms with Crippen molar-refractivity contribution in [1.29, 1.82) is 0 Å². The standard InChI is InChI=1S/C17H12ClN3OS2/c18-13-9-5-4-8-12(13)15(22)20-16(23)21-17-19-14(10-24-17)11-6-2-1-3-7-11/h1-10H,(H2,19,20,21,22,23). The summed E-state index contributed by atoms with van der Waals surface area (Å²) in [6, 6.07) is 16.6. The van der Waals surface area contributed by atoms with Crippen molar-refractivity contribution in [2.75, 3.05) is 5.32 Å². The minimum atomic E-state index is -0.363. The van der Waals surface area contributed by atoms with Crippen molar-refractivity contribution in [3.8, 4) is 11.3 Å². The van der Waals surface area contributed by atoms with E-state index in [-0.39, 0.29) is 11.0 Å². The van der Waals surface area contributed by atoms with E-state index >= 15 is 0 Å². The Labute approximate surface area is 153 Å². The van der Waals surface area contributed by atoms with Crippen LogP contribution in [0.2, 0.25) is 5.02 Å². The Morgan fingerprint density at radius 3 is 2.54 bits per heavy atom. The van der Waals surface area contributed by atoms with Gasteiger partial charge in [0.15, 0.2) is 10.2 Å². The molecule has 1 heterocycles. The van der Waals surface area contributed by atoms with Crippen molar-refractivity contribution in [1.82, 2.24) is 10.3 Å². The highest BCUT2D eigenvalue weighted by molar-refractivity contribution is 7.80. The molecule has 0 radical (unpaired) electrons. The fraction of sp³-hybridized carbons (Fsp3) is 0. The molecule has 0 fully saturated rings. The molecule has 2 aromatic carbocycles. The molecule has 2 N–H and O–H groups in total. The van der Waals surface area contributed by atoms with E-state index in [9.17, 15) is 4.79 Å². The minimum Gasteiger partial charge on any atom is -0.308 e. The Morgan fingerprint density at radius 1 is 1.08 bits per heavy atom. The molecule has 120 valence electrons. The van der Waals surface area contributed by atoms with Gasteiger partial charge in [-0.25, -0.2) is 4.98 Å². The summed E-state index contributed by atoms with van der Waals surface area (Å²) in [6.45, 7) is 0. The van der Waals surface area contributed by atoms with Gasteiger partial charge in [0.25, 0.3) is 5.91 Å². The quantitative estimate of drug-likeness (QED) is 0.659. The number of carbonyl (C=O) groups is 1. The zero-order valence-corrected chi connectivity index (χ0v) is 14.7. The summed E-state index contributed by atoms with van der Waals surface area (Å²) in [5, 5.41) is 8.60. The molecule has 0 saturated carbocycles.